The van der Waals surface area contributed by atoms with Crippen molar-refractivity contribution in [3.8, 4) is 0 Å². The fraction of sp³-hybridized carbons (Fsp3) is 0.333. The Morgan fingerprint density at radius 3 is 2.88 bits per heavy atom. The number of rotatable bonds is 1. The van der Waals surface area contributed by atoms with Gasteiger partial charge in [0.1, 0.15) is 17.2 Å². The maximum Gasteiger partial charge on any atom is 0.393 e. The highest BCUT2D eigenvalue weighted by molar-refractivity contribution is 7.16. The van der Waals surface area contributed by atoms with Gasteiger partial charge in [0.2, 0.25) is 0 Å². The van der Waals surface area contributed by atoms with Gasteiger partial charge in [-0.05, 0) is 11.6 Å². The molecule has 0 amide bonds. The average molecular weight is 247 g/mol. The third-order valence-electron chi connectivity index (χ3n) is 1.98. The van der Waals surface area contributed by atoms with Crippen molar-refractivity contribution in [2.75, 3.05) is 0 Å². The van der Waals surface area contributed by atoms with Crippen LogP contribution < -0.4 is 5.73 Å². The molecule has 0 aliphatic carbocycles. The lowest BCUT2D eigenvalue weighted by Crippen LogP contribution is -2.14. The first-order chi connectivity index (χ1) is 7.44. The minimum atomic E-state index is -4.19. The normalized spacial score (nSPS) is 15.6. The van der Waals surface area contributed by atoms with Crippen LogP contribution in [0.25, 0.3) is 0 Å². The van der Waals surface area contributed by atoms with E-state index in [4.69, 9.17) is 5.73 Å². The van der Waals surface area contributed by atoms with E-state index in [1.807, 2.05) is 0 Å². The van der Waals surface area contributed by atoms with Gasteiger partial charge < -0.3 is 5.73 Å². The van der Waals surface area contributed by atoms with Crippen LogP contribution in [-0.2, 0) is 12.8 Å². The van der Waals surface area contributed by atoms with Gasteiger partial charge in [-0.15, -0.1) is 11.3 Å². The lowest BCUT2D eigenvalue weighted by molar-refractivity contribution is -0.126. The molecule has 3 nitrogen and oxygen atoms in total. The maximum absolute atomic E-state index is 12.2. The first kappa shape index (κ1) is 11.1. The molecule has 86 valence electrons. The molecule has 0 saturated heterocycles. The number of hydrogen-bond acceptors (Lipinski definition) is 4. The molecular formula is C9H8F3N3S. The van der Waals surface area contributed by atoms with Crippen LogP contribution in [0.15, 0.2) is 16.1 Å². The molecule has 0 saturated carbocycles. The largest absolute Gasteiger partial charge is 0.393 e. The monoisotopic (exact) mass is 247 g/mol. The van der Waals surface area contributed by atoms with E-state index < -0.39 is 12.6 Å². The Labute approximate surface area is 93.5 Å². The minimum absolute atomic E-state index is 0.254. The molecule has 0 radical (unpaired) electrons. The molecule has 2 heterocycles. The first-order valence-electron chi connectivity index (χ1n) is 4.47. The van der Waals surface area contributed by atoms with Gasteiger partial charge in [-0.3, -0.25) is 0 Å². The molecule has 1 aliphatic heterocycles. The van der Waals surface area contributed by atoms with Crippen LogP contribution in [0.5, 0.6) is 0 Å². The van der Waals surface area contributed by atoms with E-state index in [1.54, 1.807) is 0 Å². The fourth-order valence-electron chi connectivity index (χ4n) is 1.39. The van der Waals surface area contributed by atoms with Crippen molar-refractivity contribution >= 4 is 28.5 Å². The molecule has 1 aliphatic rings. The van der Waals surface area contributed by atoms with Crippen molar-refractivity contribution in [1.82, 2.24) is 0 Å². The molecule has 0 spiro atoms. The molecule has 2 rings (SSSR count). The molecule has 0 bridgehead atoms. The van der Waals surface area contributed by atoms with Crippen molar-refractivity contribution in [2.24, 2.45) is 15.7 Å². The summed E-state index contributed by atoms with van der Waals surface area (Å²) in [6, 6.07) is 1.50. The van der Waals surface area contributed by atoms with E-state index in [2.05, 4.69) is 9.98 Å². The van der Waals surface area contributed by atoms with Crippen LogP contribution in [0.1, 0.15) is 10.4 Å². The fourth-order valence-corrected chi connectivity index (χ4v) is 2.44. The summed E-state index contributed by atoms with van der Waals surface area (Å²) in [6.07, 6.45) is -3.48. The van der Waals surface area contributed by atoms with Crippen molar-refractivity contribution in [3.63, 3.8) is 0 Å². The Bertz CT molecular complexity index is 459. The van der Waals surface area contributed by atoms with Gasteiger partial charge in [0.05, 0.1) is 6.42 Å². The van der Waals surface area contributed by atoms with Crippen LogP contribution in [0.3, 0.4) is 0 Å². The summed E-state index contributed by atoms with van der Waals surface area (Å²) < 4.78 is 36.5. The van der Waals surface area contributed by atoms with Gasteiger partial charge >= 0.3 is 6.18 Å². The Morgan fingerprint density at radius 2 is 2.19 bits per heavy atom. The highest BCUT2D eigenvalue weighted by Crippen LogP contribution is 2.35. The summed E-state index contributed by atoms with van der Waals surface area (Å²) in [4.78, 5) is 8.00. The second kappa shape index (κ2) is 3.89. The molecule has 1 aromatic heterocycles. The second-order valence-electron chi connectivity index (χ2n) is 3.38. The second-order valence-corrected chi connectivity index (χ2v) is 4.49. The smallest absolute Gasteiger partial charge is 0.387 e. The molecule has 7 heteroatoms. The minimum Gasteiger partial charge on any atom is -0.387 e. The van der Waals surface area contributed by atoms with Gasteiger partial charge in [-0.2, -0.15) is 13.2 Å². The standard InChI is InChI=1S/C9H8F3N3S/c10-9(11,12)3-6-1-5-2-7(13)14-4-15-8(5)16-6/h1,4H,2-3H2,(H2,13,14,15). The van der Waals surface area contributed by atoms with Crippen LogP contribution in [0, 0.1) is 0 Å². The predicted octanol–water partition coefficient (Wildman–Crippen LogP) is 2.43. The number of aliphatic imine (C=N–C) groups is 2. The van der Waals surface area contributed by atoms with Gasteiger partial charge in [0, 0.05) is 11.3 Å². The average Bonchev–Trinajstić information content (AvgIpc) is 2.36. The number of nitrogens with two attached hydrogens (primary N) is 1. The Hall–Kier alpha value is -1.37. The number of fused-ring (bicyclic) bond motifs is 1. The van der Waals surface area contributed by atoms with Crippen molar-refractivity contribution in [1.29, 1.82) is 0 Å². The topological polar surface area (TPSA) is 50.7 Å². The first-order valence-corrected chi connectivity index (χ1v) is 5.29. The van der Waals surface area contributed by atoms with E-state index in [-0.39, 0.29) is 4.88 Å². The number of thiophene rings is 1. The maximum atomic E-state index is 12.2. The molecule has 0 atom stereocenters. The van der Waals surface area contributed by atoms with Crippen LogP contribution >= 0.6 is 11.3 Å². The number of amidine groups is 1. The Kier molecular flexibility index (Phi) is 2.71. The zero-order valence-corrected chi connectivity index (χ0v) is 8.90. The van der Waals surface area contributed by atoms with Crippen LogP contribution in [0.4, 0.5) is 18.2 Å². The summed E-state index contributed by atoms with van der Waals surface area (Å²) in [5, 5.41) is 0.559. The van der Waals surface area contributed by atoms with Crippen LogP contribution in [-0.4, -0.2) is 18.4 Å². The summed E-state index contributed by atoms with van der Waals surface area (Å²) in [5.41, 5.74) is 6.23. The van der Waals surface area contributed by atoms with Crippen molar-refractivity contribution < 1.29 is 13.2 Å². The lowest BCUT2D eigenvalue weighted by Gasteiger charge is -2.02. The summed E-state index contributed by atoms with van der Waals surface area (Å²) in [5.74, 6) is 0.360. The third-order valence-corrected chi connectivity index (χ3v) is 3.07. The highest BCUT2D eigenvalue weighted by atomic mass is 32.1. The quantitative estimate of drug-likeness (QED) is 0.814. The Balaban J connectivity index is 2.26. The van der Waals surface area contributed by atoms with E-state index in [1.165, 1.54) is 12.4 Å². The molecule has 1 aromatic rings. The summed E-state index contributed by atoms with van der Waals surface area (Å²) in [7, 11) is 0. The molecule has 2 N–H and O–H groups in total. The molecular weight excluding hydrogens is 239 g/mol. The van der Waals surface area contributed by atoms with E-state index in [0.717, 1.165) is 11.3 Å². The van der Waals surface area contributed by atoms with Gasteiger partial charge in [0.25, 0.3) is 0 Å². The van der Waals surface area contributed by atoms with Crippen molar-refractivity contribution in [3.05, 3.63) is 16.5 Å². The van der Waals surface area contributed by atoms with E-state index in [9.17, 15) is 13.2 Å². The number of halogens is 3. The third kappa shape index (κ3) is 2.60. The molecule has 0 unspecified atom stereocenters. The lowest BCUT2D eigenvalue weighted by atomic mass is 10.2. The van der Waals surface area contributed by atoms with Crippen molar-refractivity contribution in [2.45, 2.75) is 19.0 Å². The number of alkyl halides is 3. The summed E-state index contributed by atoms with van der Waals surface area (Å²) >= 11 is 1.03. The van der Waals surface area contributed by atoms with E-state index in [0.29, 0.717) is 22.8 Å². The van der Waals surface area contributed by atoms with Gasteiger partial charge in [-0.25, -0.2) is 9.98 Å². The molecule has 0 aromatic carbocycles. The predicted molar refractivity (Wildman–Crippen MR) is 57.6 cm³/mol. The van der Waals surface area contributed by atoms with E-state index >= 15 is 0 Å². The highest BCUT2D eigenvalue weighted by Gasteiger charge is 2.29. The molecule has 0 fully saturated rings. The summed E-state index contributed by atoms with van der Waals surface area (Å²) in [6.45, 7) is 0. The zero-order chi connectivity index (χ0) is 11.8. The Morgan fingerprint density at radius 1 is 1.44 bits per heavy atom. The zero-order valence-electron chi connectivity index (χ0n) is 8.08. The number of nitrogens with zero attached hydrogens (tertiary/aromatic N) is 2. The van der Waals surface area contributed by atoms with Gasteiger partial charge in [0.15, 0.2) is 0 Å². The molecule has 16 heavy (non-hydrogen) atoms. The SMILES string of the molecule is NC1=NC=Nc2sc(CC(F)(F)F)cc2C1. The van der Waals surface area contributed by atoms with Crippen LogP contribution in [0.2, 0.25) is 0 Å². The van der Waals surface area contributed by atoms with Gasteiger partial charge in [-0.1, -0.05) is 0 Å². The number of hydrogen-bond donors (Lipinski definition) is 1.